The molecule has 2 fully saturated rings. The van der Waals surface area contributed by atoms with Crippen LogP contribution in [0.1, 0.15) is 57.1 Å². The molecule has 0 N–H and O–H groups in total. The molecular formula is C66H58N2Si. The van der Waals surface area contributed by atoms with Crippen molar-refractivity contribution in [3.8, 4) is 16.8 Å². The van der Waals surface area contributed by atoms with E-state index in [0.717, 1.165) is 23.2 Å². The van der Waals surface area contributed by atoms with Gasteiger partial charge in [0.05, 0.1) is 22.4 Å². The van der Waals surface area contributed by atoms with E-state index in [4.69, 9.17) is 0 Å². The summed E-state index contributed by atoms with van der Waals surface area (Å²) in [5, 5.41) is 8.21. The molecule has 336 valence electrons. The standard InChI is InChI=1S/C66H58N2Si/c1-3-47-44-50-42-46(2)43-51(45-47)66(50)59-29-17-19-31-62(59)68-61-30-18-16-28-58(61)64-63(41-40-60(66)65(64)68)67(52-20-8-4-9-21-52)53-36-32-48(33-37-53)49-34-38-57(39-35-49)69(54-22-10-5-11-23-54,55-24-12-6-13-25-55)56-26-14-7-15-27-56/h4-41,46-47,50-51H,3,42-45H2,1-2H3/t46-,47+,50+,51-,66?. The molecule has 1 aromatic heterocycles. The summed E-state index contributed by atoms with van der Waals surface area (Å²) >= 11 is 0. The van der Waals surface area contributed by atoms with E-state index in [9.17, 15) is 0 Å². The SMILES string of the molecule is CC[C@@H]1C[C@H]2C[C@H](C)C[C@@H](C1)C21c2ccccc2-n2c3ccccc3c3c(N(c4ccccc4)c4ccc(-c5ccc([Si](c6ccccc6)(c6ccccc6)c6ccccc6)cc5)cc4)ccc1c32. The lowest BCUT2D eigenvalue weighted by molar-refractivity contribution is 0.0211. The minimum atomic E-state index is -2.62. The van der Waals surface area contributed by atoms with Gasteiger partial charge in [0, 0.05) is 27.6 Å². The van der Waals surface area contributed by atoms with Crippen LogP contribution in [0.5, 0.6) is 0 Å². The fourth-order valence-electron chi connectivity index (χ4n) is 14.2. The van der Waals surface area contributed by atoms with Gasteiger partial charge in [-0.3, -0.25) is 0 Å². The third-order valence-corrected chi connectivity index (χ3v) is 21.8. The first-order chi connectivity index (χ1) is 34.1. The number of fused-ring (bicyclic) bond motifs is 5. The smallest absolute Gasteiger partial charge is 0.179 e. The van der Waals surface area contributed by atoms with Crippen LogP contribution in [0, 0.1) is 23.7 Å². The monoisotopic (exact) mass is 906 g/mol. The molecule has 3 heteroatoms. The van der Waals surface area contributed by atoms with Crippen LogP contribution in [0.4, 0.5) is 17.1 Å². The zero-order chi connectivity index (χ0) is 46.1. The highest BCUT2D eigenvalue weighted by Gasteiger charge is 2.58. The van der Waals surface area contributed by atoms with Gasteiger partial charge in [-0.1, -0.05) is 208 Å². The Morgan fingerprint density at radius 2 is 0.971 bits per heavy atom. The second-order valence-corrected chi connectivity index (χ2v) is 24.3. The maximum atomic E-state index is 2.65. The largest absolute Gasteiger partial charge is 0.310 e. The van der Waals surface area contributed by atoms with Crippen molar-refractivity contribution in [2.75, 3.05) is 4.90 Å². The van der Waals surface area contributed by atoms with E-state index >= 15 is 0 Å². The Labute approximate surface area is 408 Å². The summed E-state index contributed by atoms with van der Waals surface area (Å²) in [6.07, 6.45) is 6.51. The Morgan fingerprint density at radius 3 is 1.57 bits per heavy atom. The average molecular weight is 907 g/mol. The maximum Gasteiger partial charge on any atom is 0.179 e. The molecule has 0 saturated heterocycles. The third kappa shape index (κ3) is 6.36. The van der Waals surface area contributed by atoms with Crippen molar-refractivity contribution in [3.63, 3.8) is 0 Å². The molecule has 0 radical (unpaired) electrons. The molecule has 3 aliphatic rings. The van der Waals surface area contributed by atoms with E-state index in [0.29, 0.717) is 11.8 Å². The molecule has 69 heavy (non-hydrogen) atoms. The molecule has 5 atom stereocenters. The number of benzene rings is 9. The van der Waals surface area contributed by atoms with Crippen LogP contribution in [0.25, 0.3) is 38.6 Å². The van der Waals surface area contributed by atoms with Crippen molar-refractivity contribution in [2.45, 2.75) is 51.4 Å². The first-order valence-electron chi connectivity index (χ1n) is 25.5. The second-order valence-electron chi connectivity index (χ2n) is 20.5. The van der Waals surface area contributed by atoms with Crippen molar-refractivity contribution < 1.29 is 0 Å². The van der Waals surface area contributed by atoms with Crippen LogP contribution >= 0.6 is 0 Å². The van der Waals surface area contributed by atoms with Crippen LogP contribution in [-0.2, 0) is 5.41 Å². The molecule has 1 aliphatic heterocycles. The fourth-order valence-corrected chi connectivity index (χ4v) is 19.0. The average Bonchev–Trinajstić information content (AvgIpc) is 3.76. The quantitative estimate of drug-likeness (QED) is 0.103. The molecule has 1 spiro atoms. The molecule has 9 aromatic carbocycles. The van der Waals surface area contributed by atoms with E-state index < -0.39 is 8.07 Å². The zero-order valence-corrected chi connectivity index (χ0v) is 40.7. The summed E-state index contributed by atoms with van der Waals surface area (Å²) in [6, 6.07) is 87.3. The molecule has 0 amide bonds. The Morgan fingerprint density at radius 1 is 0.478 bits per heavy atom. The van der Waals surface area contributed by atoms with Gasteiger partial charge < -0.3 is 9.47 Å². The van der Waals surface area contributed by atoms with Gasteiger partial charge in [-0.25, -0.2) is 0 Å². The van der Waals surface area contributed by atoms with Crippen LogP contribution < -0.4 is 25.6 Å². The molecule has 2 nitrogen and oxygen atoms in total. The molecule has 1 unspecified atom stereocenters. The summed E-state index contributed by atoms with van der Waals surface area (Å²) in [7, 11) is -2.62. The predicted molar refractivity (Wildman–Crippen MR) is 294 cm³/mol. The minimum absolute atomic E-state index is 0.00383. The lowest BCUT2D eigenvalue weighted by atomic mass is 9.45. The number of nitrogens with zero attached hydrogens (tertiary/aromatic N) is 2. The Hall–Kier alpha value is -7.20. The fraction of sp³-hybridized carbons (Fsp3) is 0.182. The number of anilines is 3. The number of hydrogen-bond acceptors (Lipinski definition) is 1. The highest BCUT2D eigenvalue weighted by atomic mass is 28.3. The number of hydrogen-bond donors (Lipinski definition) is 0. The molecule has 2 bridgehead atoms. The third-order valence-electron chi connectivity index (χ3n) is 17.0. The highest BCUT2D eigenvalue weighted by molar-refractivity contribution is 7.19. The topological polar surface area (TPSA) is 8.17 Å². The van der Waals surface area contributed by atoms with Crippen molar-refractivity contribution >= 4 is 67.7 Å². The van der Waals surface area contributed by atoms with Crippen LogP contribution in [0.3, 0.4) is 0 Å². The Bertz CT molecular complexity index is 3340. The summed E-state index contributed by atoms with van der Waals surface area (Å²) in [5.41, 5.74) is 13.1. The van der Waals surface area contributed by atoms with E-state index in [-0.39, 0.29) is 5.41 Å². The van der Waals surface area contributed by atoms with Gasteiger partial charge in [0.1, 0.15) is 0 Å². The van der Waals surface area contributed by atoms with Gasteiger partial charge in [0.25, 0.3) is 0 Å². The predicted octanol–water partition coefficient (Wildman–Crippen LogP) is 14.4. The second kappa shape index (κ2) is 16.8. The minimum Gasteiger partial charge on any atom is -0.310 e. The zero-order valence-electron chi connectivity index (χ0n) is 39.7. The molecule has 2 aliphatic carbocycles. The lowest BCUT2D eigenvalue weighted by Crippen LogP contribution is -2.74. The first-order valence-corrected chi connectivity index (χ1v) is 27.5. The summed E-state index contributed by atoms with van der Waals surface area (Å²) in [5.74, 6) is 2.79. The van der Waals surface area contributed by atoms with E-state index in [1.807, 2.05) is 0 Å². The van der Waals surface area contributed by atoms with Gasteiger partial charge in [0.2, 0.25) is 0 Å². The Balaban J connectivity index is 0.958. The molecule has 13 rings (SSSR count). The van der Waals surface area contributed by atoms with Gasteiger partial charge in [-0.05, 0) is 135 Å². The normalized spacial score (nSPS) is 20.5. The Kier molecular flexibility index (Phi) is 10.2. The molecule has 2 heterocycles. The van der Waals surface area contributed by atoms with E-state index in [1.165, 1.54) is 97.2 Å². The number of aromatic nitrogens is 1. The van der Waals surface area contributed by atoms with Crippen LogP contribution in [0.15, 0.2) is 231 Å². The van der Waals surface area contributed by atoms with Crippen molar-refractivity contribution in [1.82, 2.24) is 4.57 Å². The highest BCUT2D eigenvalue weighted by Crippen LogP contribution is 2.65. The summed E-state index contributed by atoms with van der Waals surface area (Å²) in [4.78, 5) is 2.52. The number of rotatable bonds is 9. The van der Waals surface area contributed by atoms with Gasteiger partial charge in [0.15, 0.2) is 8.07 Å². The lowest BCUT2D eigenvalue weighted by Gasteiger charge is -2.59. The van der Waals surface area contributed by atoms with Crippen molar-refractivity contribution in [2.24, 2.45) is 23.7 Å². The number of para-hydroxylation sites is 3. The maximum absolute atomic E-state index is 2.65. The molecular weight excluding hydrogens is 849 g/mol. The molecule has 10 aromatic rings. The van der Waals surface area contributed by atoms with Gasteiger partial charge >= 0.3 is 0 Å². The van der Waals surface area contributed by atoms with Crippen molar-refractivity contribution in [1.29, 1.82) is 0 Å². The van der Waals surface area contributed by atoms with Gasteiger partial charge in [-0.15, -0.1) is 0 Å². The summed E-state index contributed by atoms with van der Waals surface area (Å²) < 4.78 is 2.65. The van der Waals surface area contributed by atoms with Gasteiger partial charge in [-0.2, -0.15) is 0 Å². The van der Waals surface area contributed by atoms with Crippen LogP contribution in [0.2, 0.25) is 0 Å². The summed E-state index contributed by atoms with van der Waals surface area (Å²) in [6.45, 7) is 4.95. The first kappa shape index (κ1) is 41.9. The van der Waals surface area contributed by atoms with Crippen molar-refractivity contribution in [3.05, 3.63) is 242 Å². The molecule has 2 saturated carbocycles. The van der Waals surface area contributed by atoms with E-state index in [1.54, 1.807) is 11.1 Å². The van der Waals surface area contributed by atoms with E-state index in [2.05, 4.69) is 254 Å². The van der Waals surface area contributed by atoms with Crippen LogP contribution in [-0.4, -0.2) is 12.6 Å².